The Kier molecular flexibility index (Phi) is 6.40. The summed E-state index contributed by atoms with van der Waals surface area (Å²) in [5, 5.41) is 7.45. The van der Waals surface area contributed by atoms with Gasteiger partial charge in [0, 0.05) is 38.8 Å². The predicted molar refractivity (Wildman–Crippen MR) is 122 cm³/mol. The summed E-state index contributed by atoms with van der Waals surface area (Å²) in [5.41, 5.74) is 0.288. The number of halogens is 3. The first-order valence-corrected chi connectivity index (χ1v) is 12.3. The highest BCUT2D eigenvalue weighted by Gasteiger charge is 2.59. The molecule has 4 bridgehead atoms. The lowest BCUT2D eigenvalue weighted by atomic mass is 9.47. The number of hydrogen-bond acceptors (Lipinski definition) is 4. The number of carbonyl (C=O) groups excluding carboxylic acids is 2. The molecule has 4 fully saturated rings. The van der Waals surface area contributed by atoms with Crippen molar-refractivity contribution < 1.29 is 22.8 Å². The Balaban J connectivity index is 1.51. The van der Waals surface area contributed by atoms with Gasteiger partial charge in [-0.05, 0) is 70.6 Å². The molecular formula is C24H36F3N5O2. The Hall–Kier alpha value is -2.26. The molecule has 5 rings (SSSR count). The van der Waals surface area contributed by atoms with E-state index in [2.05, 4.69) is 10.4 Å². The molecule has 4 aliphatic rings. The van der Waals surface area contributed by atoms with Gasteiger partial charge in [0.05, 0.1) is 5.41 Å². The fourth-order valence-electron chi connectivity index (χ4n) is 7.30. The fourth-order valence-corrected chi connectivity index (χ4v) is 7.30. The number of aryl methyl sites for hydroxylation is 1. The topological polar surface area (TPSA) is 70.5 Å². The summed E-state index contributed by atoms with van der Waals surface area (Å²) >= 11 is 0. The van der Waals surface area contributed by atoms with Crippen molar-refractivity contribution in [2.45, 2.75) is 65.1 Å². The number of hydrogen-bond donors (Lipinski definition) is 1. The average molecular weight is 484 g/mol. The van der Waals surface area contributed by atoms with Crippen molar-refractivity contribution in [3.05, 3.63) is 11.3 Å². The molecule has 1 N–H and O–H groups in total. The second-order valence-corrected chi connectivity index (χ2v) is 10.6. The van der Waals surface area contributed by atoms with E-state index in [0.29, 0.717) is 24.6 Å². The van der Waals surface area contributed by atoms with Crippen LogP contribution in [0.1, 0.15) is 62.0 Å². The number of nitrogens with zero attached hydrogens (tertiary/aromatic N) is 4. The van der Waals surface area contributed by atoms with Crippen LogP contribution in [-0.4, -0.2) is 65.4 Å². The molecule has 190 valence electrons. The van der Waals surface area contributed by atoms with E-state index in [0.717, 1.165) is 37.0 Å². The van der Waals surface area contributed by atoms with Gasteiger partial charge in [-0.1, -0.05) is 0 Å². The number of carbonyl (C=O) groups is 2. The highest BCUT2D eigenvalue weighted by Crippen LogP contribution is 2.60. The first-order valence-electron chi connectivity index (χ1n) is 12.3. The number of nitrogens with one attached hydrogen (secondary N) is 1. The van der Waals surface area contributed by atoms with E-state index >= 15 is 0 Å². The van der Waals surface area contributed by atoms with E-state index < -0.39 is 12.7 Å². The molecule has 10 heteroatoms. The van der Waals surface area contributed by atoms with Crippen LogP contribution in [0.2, 0.25) is 0 Å². The minimum absolute atomic E-state index is 0.0283. The van der Waals surface area contributed by atoms with Crippen LogP contribution in [0.15, 0.2) is 0 Å². The summed E-state index contributed by atoms with van der Waals surface area (Å²) in [4.78, 5) is 29.7. The van der Waals surface area contributed by atoms with Crippen molar-refractivity contribution in [1.82, 2.24) is 20.0 Å². The summed E-state index contributed by atoms with van der Waals surface area (Å²) < 4.78 is 40.0. The van der Waals surface area contributed by atoms with Crippen LogP contribution >= 0.6 is 0 Å². The minimum atomic E-state index is -4.35. The molecule has 0 radical (unpaired) electrons. The van der Waals surface area contributed by atoms with Crippen molar-refractivity contribution >= 4 is 17.6 Å². The van der Waals surface area contributed by atoms with E-state index in [-0.39, 0.29) is 46.6 Å². The van der Waals surface area contributed by atoms with Crippen molar-refractivity contribution in [3.8, 4) is 0 Å². The van der Waals surface area contributed by atoms with E-state index in [1.807, 2.05) is 18.7 Å². The second kappa shape index (κ2) is 8.75. The highest BCUT2D eigenvalue weighted by molar-refractivity contribution is 5.95. The lowest BCUT2D eigenvalue weighted by molar-refractivity contribution is -0.159. The van der Waals surface area contributed by atoms with Gasteiger partial charge >= 0.3 is 6.18 Å². The standard InChI is InChI=1S/C24H36F3N5O2/c1-6-32(7-2)22(34)23-10-15-8-16(11-23)19(17(9-15)12-23)28-20(33)18-14(3)21(31(5)29-18)30(4)13-24(25,26)27/h15-17,19H,6-13H2,1-5H3,(H,28,33). The van der Waals surface area contributed by atoms with Crippen LogP contribution in [-0.2, 0) is 11.8 Å². The van der Waals surface area contributed by atoms with Crippen molar-refractivity contribution in [2.24, 2.45) is 30.2 Å². The van der Waals surface area contributed by atoms with Crippen molar-refractivity contribution in [1.29, 1.82) is 0 Å². The predicted octanol–water partition coefficient (Wildman–Crippen LogP) is 3.52. The molecule has 2 amide bonds. The maximum Gasteiger partial charge on any atom is 0.405 e. The van der Waals surface area contributed by atoms with E-state index in [1.165, 1.54) is 11.7 Å². The summed E-state index contributed by atoms with van der Waals surface area (Å²) in [6.07, 6.45) is 0.199. The molecule has 2 atom stereocenters. The van der Waals surface area contributed by atoms with Gasteiger partial charge < -0.3 is 15.1 Å². The molecule has 1 aromatic heterocycles. The van der Waals surface area contributed by atoms with E-state index in [1.54, 1.807) is 14.0 Å². The molecule has 34 heavy (non-hydrogen) atoms. The average Bonchev–Trinajstić information content (AvgIpc) is 3.03. The highest BCUT2D eigenvalue weighted by atomic mass is 19.4. The van der Waals surface area contributed by atoms with Gasteiger partial charge in [0.25, 0.3) is 5.91 Å². The number of amides is 2. The molecule has 4 aliphatic carbocycles. The zero-order valence-corrected chi connectivity index (χ0v) is 20.7. The third-order valence-electron chi connectivity index (χ3n) is 8.32. The maximum atomic E-state index is 13.4. The van der Waals surface area contributed by atoms with Crippen LogP contribution < -0.4 is 10.2 Å². The molecule has 0 aliphatic heterocycles. The van der Waals surface area contributed by atoms with Gasteiger partial charge in [0.2, 0.25) is 5.91 Å². The Morgan fingerprint density at radius 3 is 2.26 bits per heavy atom. The van der Waals surface area contributed by atoms with Gasteiger partial charge in [-0.2, -0.15) is 18.3 Å². The monoisotopic (exact) mass is 483 g/mol. The summed E-state index contributed by atoms with van der Waals surface area (Å²) in [5.74, 6) is 1.19. The van der Waals surface area contributed by atoms with Crippen LogP contribution in [0.4, 0.5) is 19.0 Å². The lowest BCUT2D eigenvalue weighted by Gasteiger charge is -2.59. The Morgan fingerprint density at radius 2 is 1.74 bits per heavy atom. The summed E-state index contributed by atoms with van der Waals surface area (Å²) in [6, 6.07) is -0.0283. The smallest absolute Gasteiger partial charge is 0.351 e. The van der Waals surface area contributed by atoms with Crippen LogP contribution in [0.25, 0.3) is 0 Å². The lowest BCUT2D eigenvalue weighted by Crippen LogP contribution is -2.62. The SMILES string of the molecule is CCN(CC)C(=O)C12CC3CC(C1)C(NC(=O)c1nn(C)c(N(C)CC(F)(F)F)c1C)C(C3)C2. The quantitative estimate of drug-likeness (QED) is 0.644. The van der Waals surface area contributed by atoms with E-state index in [4.69, 9.17) is 0 Å². The molecule has 7 nitrogen and oxygen atoms in total. The zero-order chi connectivity index (χ0) is 25.0. The minimum Gasteiger partial charge on any atom is -0.351 e. The van der Waals surface area contributed by atoms with E-state index in [9.17, 15) is 22.8 Å². The van der Waals surface area contributed by atoms with Crippen molar-refractivity contribution in [2.75, 3.05) is 31.6 Å². The summed E-state index contributed by atoms with van der Waals surface area (Å²) in [7, 11) is 2.90. The maximum absolute atomic E-state index is 13.4. The molecule has 4 saturated carbocycles. The van der Waals surface area contributed by atoms with Crippen molar-refractivity contribution in [3.63, 3.8) is 0 Å². The van der Waals surface area contributed by atoms with Gasteiger partial charge in [-0.25, -0.2) is 0 Å². The largest absolute Gasteiger partial charge is 0.405 e. The molecule has 0 saturated heterocycles. The number of rotatable bonds is 7. The van der Waals surface area contributed by atoms with Gasteiger partial charge in [-0.15, -0.1) is 0 Å². The molecule has 2 unspecified atom stereocenters. The van der Waals surface area contributed by atoms with Gasteiger partial charge in [0.1, 0.15) is 12.4 Å². The van der Waals surface area contributed by atoms with Crippen LogP contribution in [0, 0.1) is 30.1 Å². The Labute approximate surface area is 199 Å². The number of alkyl halides is 3. The normalized spacial score (nSPS) is 29.9. The zero-order valence-electron chi connectivity index (χ0n) is 20.7. The molecule has 0 aromatic carbocycles. The number of aromatic nitrogens is 2. The number of anilines is 1. The fraction of sp³-hybridized carbons (Fsp3) is 0.792. The van der Waals surface area contributed by atoms with Crippen LogP contribution in [0.3, 0.4) is 0 Å². The Morgan fingerprint density at radius 1 is 1.15 bits per heavy atom. The molecule has 1 aromatic rings. The van der Waals surface area contributed by atoms with Gasteiger partial charge in [0.15, 0.2) is 5.69 Å². The third kappa shape index (κ3) is 4.28. The first kappa shape index (κ1) is 24.9. The Bertz CT molecular complexity index is 939. The first-order chi connectivity index (χ1) is 15.9. The van der Waals surface area contributed by atoms with Gasteiger partial charge in [-0.3, -0.25) is 14.3 Å². The summed E-state index contributed by atoms with van der Waals surface area (Å²) in [6.45, 7) is 5.97. The second-order valence-electron chi connectivity index (χ2n) is 10.6. The third-order valence-corrected chi connectivity index (χ3v) is 8.32. The molecule has 1 heterocycles. The molecular weight excluding hydrogens is 447 g/mol. The molecule has 0 spiro atoms. The van der Waals surface area contributed by atoms with Crippen LogP contribution in [0.5, 0.6) is 0 Å².